The number of nitrogens with two attached hydrogens (primary N) is 1. The highest BCUT2D eigenvalue weighted by Gasteiger charge is 2.30. The molecule has 3 N–H and O–H groups in total. The fraction of sp³-hybridized carbons (Fsp3) is 0.667. The van der Waals surface area contributed by atoms with Crippen LogP contribution in [-0.2, 0) is 0 Å². The van der Waals surface area contributed by atoms with Crippen molar-refractivity contribution < 1.29 is 0 Å². The standard InChI is InChI=1S/C12H21N5/c1-8(2)7-17(9-4-5-9)11-6-10(14-3)15-12(13)16-11/h6,8-9H,4-5,7H2,1-3H3,(H3,13,14,15,16). The van der Waals surface area contributed by atoms with E-state index in [-0.39, 0.29) is 0 Å². The maximum Gasteiger partial charge on any atom is 0.223 e. The highest BCUT2D eigenvalue weighted by molar-refractivity contribution is 5.53. The van der Waals surface area contributed by atoms with Crippen LogP contribution in [0, 0.1) is 5.92 Å². The molecule has 0 aromatic carbocycles. The van der Waals surface area contributed by atoms with Crippen LogP contribution in [0.15, 0.2) is 6.07 Å². The summed E-state index contributed by atoms with van der Waals surface area (Å²) in [5, 5.41) is 3.02. The highest BCUT2D eigenvalue weighted by Crippen LogP contribution is 2.32. The molecule has 1 fully saturated rings. The van der Waals surface area contributed by atoms with Gasteiger partial charge in [0.05, 0.1) is 0 Å². The Morgan fingerprint density at radius 3 is 2.71 bits per heavy atom. The van der Waals surface area contributed by atoms with Gasteiger partial charge >= 0.3 is 0 Å². The maximum absolute atomic E-state index is 5.74. The van der Waals surface area contributed by atoms with Crippen molar-refractivity contribution in [3.05, 3.63) is 6.07 Å². The van der Waals surface area contributed by atoms with Gasteiger partial charge in [0.25, 0.3) is 0 Å². The summed E-state index contributed by atoms with van der Waals surface area (Å²) in [6, 6.07) is 2.60. The molecule has 1 aromatic heterocycles. The predicted molar refractivity (Wildman–Crippen MR) is 71.2 cm³/mol. The van der Waals surface area contributed by atoms with Gasteiger partial charge in [0, 0.05) is 25.7 Å². The summed E-state index contributed by atoms with van der Waals surface area (Å²) in [7, 11) is 1.84. The molecule has 0 saturated heterocycles. The van der Waals surface area contributed by atoms with Gasteiger partial charge in [-0.15, -0.1) is 0 Å². The van der Waals surface area contributed by atoms with Crippen LogP contribution in [0.2, 0.25) is 0 Å². The molecule has 5 nitrogen and oxygen atoms in total. The fourth-order valence-corrected chi connectivity index (χ4v) is 1.94. The smallest absolute Gasteiger partial charge is 0.223 e. The number of nitrogens with one attached hydrogen (secondary N) is 1. The average molecular weight is 235 g/mol. The van der Waals surface area contributed by atoms with Crippen LogP contribution in [0.4, 0.5) is 17.6 Å². The van der Waals surface area contributed by atoms with Gasteiger partial charge in [-0.05, 0) is 18.8 Å². The molecule has 5 heteroatoms. The topological polar surface area (TPSA) is 67.1 Å². The van der Waals surface area contributed by atoms with Gasteiger partial charge in [0.15, 0.2) is 0 Å². The van der Waals surface area contributed by atoms with Gasteiger partial charge in [-0.3, -0.25) is 0 Å². The summed E-state index contributed by atoms with van der Waals surface area (Å²) < 4.78 is 0. The van der Waals surface area contributed by atoms with E-state index in [1.165, 1.54) is 12.8 Å². The monoisotopic (exact) mass is 235 g/mol. The molecule has 0 bridgehead atoms. The zero-order valence-electron chi connectivity index (χ0n) is 10.8. The van der Waals surface area contributed by atoms with Crippen molar-refractivity contribution in [3.8, 4) is 0 Å². The van der Waals surface area contributed by atoms with Crippen LogP contribution in [0.3, 0.4) is 0 Å². The van der Waals surface area contributed by atoms with E-state index in [0.717, 1.165) is 18.2 Å². The zero-order valence-corrected chi connectivity index (χ0v) is 10.8. The summed E-state index contributed by atoms with van der Waals surface area (Å²) in [5.41, 5.74) is 5.74. The molecule has 1 aromatic rings. The van der Waals surface area contributed by atoms with Crippen LogP contribution in [0.1, 0.15) is 26.7 Å². The Morgan fingerprint density at radius 2 is 2.18 bits per heavy atom. The molecule has 17 heavy (non-hydrogen) atoms. The quantitative estimate of drug-likeness (QED) is 0.813. The third kappa shape index (κ3) is 2.99. The van der Waals surface area contributed by atoms with Crippen molar-refractivity contribution in [1.82, 2.24) is 9.97 Å². The van der Waals surface area contributed by atoms with Crippen LogP contribution < -0.4 is 16.0 Å². The Bertz CT molecular complexity index is 386. The van der Waals surface area contributed by atoms with E-state index in [1.54, 1.807) is 0 Å². The van der Waals surface area contributed by atoms with Gasteiger partial charge in [-0.1, -0.05) is 13.8 Å². The van der Waals surface area contributed by atoms with Crippen LogP contribution in [0.25, 0.3) is 0 Å². The van der Waals surface area contributed by atoms with Crippen molar-refractivity contribution in [1.29, 1.82) is 0 Å². The SMILES string of the molecule is CNc1cc(N(CC(C)C)C2CC2)nc(N)n1. The van der Waals surface area contributed by atoms with E-state index in [0.29, 0.717) is 17.9 Å². The summed E-state index contributed by atoms with van der Waals surface area (Å²) in [5.74, 6) is 2.67. The van der Waals surface area contributed by atoms with Crippen LogP contribution >= 0.6 is 0 Å². The van der Waals surface area contributed by atoms with Gasteiger partial charge in [0.2, 0.25) is 5.95 Å². The fourth-order valence-electron chi connectivity index (χ4n) is 1.94. The minimum atomic E-state index is 0.334. The summed E-state index contributed by atoms with van der Waals surface area (Å²) in [6.07, 6.45) is 2.51. The van der Waals surface area contributed by atoms with Crippen LogP contribution in [-0.4, -0.2) is 29.6 Å². The molecule has 2 rings (SSSR count). The second-order valence-electron chi connectivity index (χ2n) is 5.00. The number of rotatable bonds is 5. The van der Waals surface area contributed by atoms with Gasteiger partial charge in [0.1, 0.15) is 11.6 Å². The summed E-state index contributed by atoms with van der Waals surface area (Å²) >= 11 is 0. The van der Waals surface area contributed by atoms with Gasteiger partial charge in [-0.25, -0.2) is 0 Å². The van der Waals surface area contributed by atoms with Crippen molar-refractivity contribution in [3.63, 3.8) is 0 Å². The van der Waals surface area contributed by atoms with E-state index < -0.39 is 0 Å². The molecule has 0 atom stereocenters. The Balaban J connectivity index is 2.25. The lowest BCUT2D eigenvalue weighted by molar-refractivity contribution is 0.602. The largest absolute Gasteiger partial charge is 0.373 e. The molecule has 0 radical (unpaired) electrons. The van der Waals surface area contributed by atoms with Crippen molar-refractivity contribution in [2.24, 2.45) is 5.92 Å². The van der Waals surface area contributed by atoms with E-state index in [2.05, 4.69) is 34.0 Å². The Morgan fingerprint density at radius 1 is 1.47 bits per heavy atom. The number of anilines is 3. The highest BCUT2D eigenvalue weighted by atomic mass is 15.3. The van der Waals surface area contributed by atoms with E-state index in [4.69, 9.17) is 5.73 Å². The third-order valence-corrected chi connectivity index (χ3v) is 2.83. The van der Waals surface area contributed by atoms with Crippen molar-refractivity contribution >= 4 is 17.6 Å². The molecular weight excluding hydrogens is 214 g/mol. The number of hydrogen-bond acceptors (Lipinski definition) is 5. The van der Waals surface area contributed by atoms with Gasteiger partial charge < -0.3 is 16.0 Å². The molecule has 0 aliphatic heterocycles. The third-order valence-electron chi connectivity index (χ3n) is 2.83. The average Bonchev–Trinajstić information content (AvgIpc) is 3.08. The van der Waals surface area contributed by atoms with E-state index >= 15 is 0 Å². The Labute approximate surface area is 102 Å². The molecule has 1 aliphatic rings. The molecule has 1 heterocycles. The molecule has 0 amide bonds. The first-order chi connectivity index (χ1) is 8.10. The van der Waals surface area contributed by atoms with Crippen LogP contribution in [0.5, 0.6) is 0 Å². The second kappa shape index (κ2) is 4.77. The number of nitrogen functional groups attached to an aromatic ring is 1. The van der Waals surface area contributed by atoms with E-state index in [9.17, 15) is 0 Å². The van der Waals surface area contributed by atoms with Crippen molar-refractivity contribution in [2.45, 2.75) is 32.7 Å². The molecule has 0 unspecified atom stereocenters. The number of hydrogen-bond donors (Lipinski definition) is 2. The van der Waals surface area contributed by atoms with E-state index in [1.807, 2.05) is 13.1 Å². The lowest BCUT2D eigenvalue weighted by Gasteiger charge is -2.25. The first-order valence-electron chi connectivity index (χ1n) is 6.19. The Kier molecular flexibility index (Phi) is 3.36. The minimum absolute atomic E-state index is 0.334. The number of nitrogens with zero attached hydrogens (tertiary/aromatic N) is 3. The lowest BCUT2D eigenvalue weighted by atomic mass is 10.2. The first kappa shape index (κ1) is 12.0. The summed E-state index contributed by atoms with van der Waals surface area (Å²) in [4.78, 5) is 10.8. The minimum Gasteiger partial charge on any atom is -0.373 e. The van der Waals surface area contributed by atoms with Gasteiger partial charge in [-0.2, -0.15) is 9.97 Å². The zero-order chi connectivity index (χ0) is 12.4. The normalized spacial score (nSPS) is 15.1. The van der Waals surface area contributed by atoms with Crippen molar-refractivity contribution in [2.75, 3.05) is 29.5 Å². The molecular formula is C12H21N5. The number of aromatic nitrogens is 2. The predicted octanol–water partition coefficient (Wildman–Crippen LogP) is 1.73. The lowest BCUT2D eigenvalue weighted by Crippen LogP contribution is -2.31. The molecule has 1 saturated carbocycles. The molecule has 1 aliphatic carbocycles. The summed E-state index contributed by atoms with van der Waals surface area (Å²) in [6.45, 7) is 5.46. The molecule has 0 spiro atoms. The molecule has 94 valence electrons. The maximum atomic E-state index is 5.74. The Hall–Kier alpha value is -1.52. The first-order valence-corrected chi connectivity index (χ1v) is 6.19. The second-order valence-corrected chi connectivity index (χ2v) is 5.00.